The van der Waals surface area contributed by atoms with Gasteiger partial charge >= 0.3 is 0 Å². The van der Waals surface area contributed by atoms with Crippen LogP contribution in [0.25, 0.3) is 0 Å². The van der Waals surface area contributed by atoms with E-state index in [-0.39, 0.29) is 30.1 Å². The summed E-state index contributed by atoms with van der Waals surface area (Å²) in [7, 11) is 0. The minimum absolute atomic E-state index is 0. The minimum atomic E-state index is -0.789. The number of hydrogen-bond acceptors (Lipinski definition) is 3. The summed E-state index contributed by atoms with van der Waals surface area (Å²) in [5.74, 6) is 0.0923. The number of amides is 1. The zero-order valence-corrected chi connectivity index (χ0v) is 15.5. The van der Waals surface area contributed by atoms with Crippen LogP contribution >= 0.6 is 12.4 Å². The highest BCUT2D eigenvalue weighted by Gasteiger charge is 2.37. The maximum Gasteiger partial charge on any atom is 0.240 e. The summed E-state index contributed by atoms with van der Waals surface area (Å²) in [6, 6.07) is 13.4. The van der Waals surface area contributed by atoms with Gasteiger partial charge < -0.3 is 15.8 Å². The van der Waals surface area contributed by atoms with E-state index in [1.54, 1.807) is 24.3 Å². The van der Waals surface area contributed by atoms with Crippen molar-refractivity contribution in [1.29, 1.82) is 0 Å². The Kier molecular flexibility index (Phi) is 6.62. The van der Waals surface area contributed by atoms with E-state index in [0.29, 0.717) is 24.2 Å². The number of hydrogen-bond donors (Lipinski definition) is 2. The lowest BCUT2D eigenvalue weighted by Gasteiger charge is -2.25. The molecular weight excluding hydrogens is 355 g/mol. The fourth-order valence-electron chi connectivity index (χ4n) is 3.14. The molecule has 1 aliphatic rings. The molecule has 26 heavy (non-hydrogen) atoms. The van der Waals surface area contributed by atoms with Crippen molar-refractivity contribution in [1.82, 2.24) is 5.32 Å². The summed E-state index contributed by atoms with van der Waals surface area (Å²) in [6.07, 6.45) is 3.34. The highest BCUT2D eigenvalue weighted by molar-refractivity contribution is 5.86. The summed E-state index contributed by atoms with van der Waals surface area (Å²) < 4.78 is 19.9. The fraction of sp³-hybridized carbons (Fsp3) is 0.350. The molecule has 3 N–H and O–H groups in total. The summed E-state index contributed by atoms with van der Waals surface area (Å²) in [5, 5.41) is 2.90. The Balaban J connectivity index is 0.00000243. The molecule has 1 atom stereocenters. The maximum absolute atomic E-state index is 14.3. The number of rotatable bonds is 5. The van der Waals surface area contributed by atoms with E-state index >= 15 is 0 Å². The van der Waals surface area contributed by atoms with Gasteiger partial charge in [0, 0.05) is 0 Å². The molecule has 0 heterocycles. The normalized spacial score (nSPS) is 16.4. The molecule has 0 spiro atoms. The first-order valence-electron chi connectivity index (χ1n) is 8.60. The molecule has 0 aromatic heterocycles. The van der Waals surface area contributed by atoms with E-state index in [1.807, 2.05) is 25.1 Å². The number of para-hydroxylation sites is 1. The molecule has 1 unspecified atom stereocenters. The number of nitrogens with one attached hydrogen (secondary N) is 1. The number of halogens is 2. The van der Waals surface area contributed by atoms with Crippen LogP contribution < -0.4 is 15.8 Å². The number of carbonyl (C=O) groups is 1. The first kappa shape index (κ1) is 20.2. The number of carbonyl (C=O) groups excluding carboxylic acids is 1. The van der Waals surface area contributed by atoms with Gasteiger partial charge in [0.25, 0.3) is 0 Å². The molecule has 6 heteroatoms. The molecule has 0 radical (unpaired) electrons. The van der Waals surface area contributed by atoms with Gasteiger partial charge in [0.05, 0.1) is 11.6 Å². The maximum atomic E-state index is 14.3. The number of ether oxygens (including phenoxy) is 1. The van der Waals surface area contributed by atoms with E-state index in [4.69, 9.17) is 10.5 Å². The number of benzene rings is 2. The van der Waals surface area contributed by atoms with Gasteiger partial charge in [0.1, 0.15) is 5.75 Å². The van der Waals surface area contributed by atoms with Gasteiger partial charge in [-0.3, -0.25) is 4.79 Å². The Bertz CT molecular complexity index is 749. The van der Waals surface area contributed by atoms with Gasteiger partial charge in [-0.2, -0.15) is 0 Å². The van der Waals surface area contributed by atoms with Crippen molar-refractivity contribution in [3.63, 3.8) is 0 Å². The van der Waals surface area contributed by atoms with Gasteiger partial charge in [-0.1, -0.05) is 37.1 Å². The Labute approximate surface area is 159 Å². The highest BCUT2D eigenvalue weighted by atomic mass is 35.5. The second-order valence-electron chi connectivity index (χ2n) is 6.66. The third-order valence-corrected chi connectivity index (χ3v) is 4.72. The minimum Gasteiger partial charge on any atom is -0.454 e. The Morgan fingerprint density at radius 1 is 1.19 bits per heavy atom. The molecule has 2 aromatic carbocycles. The standard InChI is InChI=1S/C20H23FN2O2.ClH/c1-14(23-19(24)20(22)11-5-6-12-20)15-9-10-18(17(21)13-15)25-16-7-3-2-4-8-16;/h2-4,7-10,13-14H,5-6,11-12,22H2,1H3,(H,23,24);1H. The quantitative estimate of drug-likeness (QED) is 0.805. The van der Waals surface area contributed by atoms with Crippen molar-refractivity contribution >= 4 is 18.3 Å². The Hall–Kier alpha value is -2.11. The lowest BCUT2D eigenvalue weighted by molar-refractivity contribution is -0.126. The second kappa shape index (κ2) is 8.52. The molecular formula is C20H24ClFN2O2. The van der Waals surface area contributed by atoms with E-state index < -0.39 is 11.4 Å². The molecule has 1 saturated carbocycles. The molecule has 1 aliphatic carbocycles. The van der Waals surface area contributed by atoms with E-state index in [2.05, 4.69) is 5.32 Å². The van der Waals surface area contributed by atoms with Crippen molar-refractivity contribution in [2.45, 2.75) is 44.2 Å². The molecule has 4 nitrogen and oxygen atoms in total. The van der Waals surface area contributed by atoms with Crippen LogP contribution in [0.4, 0.5) is 4.39 Å². The van der Waals surface area contributed by atoms with Gasteiger partial charge in [0.15, 0.2) is 11.6 Å². The van der Waals surface area contributed by atoms with Crippen LogP contribution in [0.5, 0.6) is 11.5 Å². The van der Waals surface area contributed by atoms with E-state index in [1.165, 1.54) is 6.07 Å². The third kappa shape index (κ3) is 4.54. The second-order valence-corrected chi connectivity index (χ2v) is 6.66. The van der Waals surface area contributed by atoms with Gasteiger partial charge in [-0.15, -0.1) is 12.4 Å². The molecule has 2 aromatic rings. The van der Waals surface area contributed by atoms with Crippen molar-refractivity contribution in [3.8, 4) is 11.5 Å². The third-order valence-electron chi connectivity index (χ3n) is 4.72. The van der Waals surface area contributed by atoms with Crippen LogP contribution in [0.2, 0.25) is 0 Å². The molecule has 1 amide bonds. The Morgan fingerprint density at radius 2 is 1.85 bits per heavy atom. The van der Waals surface area contributed by atoms with Crippen molar-refractivity contribution in [2.24, 2.45) is 5.73 Å². The van der Waals surface area contributed by atoms with Crippen molar-refractivity contribution in [2.75, 3.05) is 0 Å². The van der Waals surface area contributed by atoms with Gasteiger partial charge in [-0.05, 0) is 49.6 Å². The molecule has 0 saturated heterocycles. The smallest absolute Gasteiger partial charge is 0.240 e. The SMILES string of the molecule is CC(NC(=O)C1(N)CCCC1)c1ccc(Oc2ccccc2)c(F)c1.Cl. The van der Waals surface area contributed by atoms with Crippen LogP contribution in [-0.4, -0.2) is 11.4 Å². The van der Waals surface area contributed by atoms with E-state index in [9.17, 15) is 9.18 Å². The summed E-state index contributed by atoms with van der Waals surface area (Å²) in [6.45, 7) is 1.82. The molecule has 0 bridgehead atoms. The average Bonchev–Trinajstić information content (AvgIpc) is 3.05. The summed E-state index contributed by atoms with van der Waals surface area (Å²) in [4.78, 5) is 12.4. The predicted octanol–water partition coefficient (Wildman–Crippen LogP) is 4.49. The topological polar surface area (TPSA) is 64.4 Å². The van der Waals surface area contributed by atoms with Crippen LogP contribution in [0.15, 0.2) is 48.5 Å². The number of nitrogens with two attached hydrogens (primary N) is 1. The van der Waals surface area contributed by atoms with Gasteiger partial charge in [0.2, 0.25) is 5.91 Å². The largest absolute Gasteiger partial charge is 0.454 e. The first-order chi connectivity index (χ1) is 12.0. The molecule has 0 aliphatic heterocycles. The molecule has 140 valence electrons. The lowest BCUT2D eigenvalue weighted by atomic mass is 9.97. The first-order valence-corrected chi connectivity index (χ1v) is 8.60. The van der Waals surface area contributed by atoms with Crippen LogP contribution in [-0.2, 0) is 4.79 Å². The zero-order valence-electron chi connectivity index (χ0n) is 14.7. The van der Waals surface area contributed by atoms with Crippen LogP contribution in [0.1, 0.15) is 44.2 Å². The van der Waals surface area contributed by atoms with Gasteiger partial charge in [-0.25, -0.2) is 4.39 Å². The summed E-state index contributed by atoms with van der Waals surface area (Å²) >= 11 is 0. The molecule has 1 fully saturated rings. The van der Waals surface area contributed by atoms with Crippen molar-refractivity contribution < 1.29 is 13.9 Å². The average molecular weight is 379 g/mol. The summed E-state index contributed by atoms with van der Waals surface area (Å²) in [5.41, 5.74) is 6.05. The predicted molar refractivity (Wildman–Crippen MR) is 102 cm³/mol. The molecule has 3 rings (SSSR count). The highest BCUT2D eigenvalue weighted by Crippen LogP contribution is 2.29. The van der Waals surface area contributed by atoms with Crippen LogP contribution in [0.3, 0.4) is 0 Å². The Morgan fingerprint density at radius 3 is 2.46 bits per heavy atom. The fourth-order valence-corrected chi connectivity index (χ4v) is 3.14. The lowest BCUT2D eigenvalue weighted by Crippen LogP contribution is -2.52. The van der Waals surface area contributed by atoms with E-state index in [0.717, 1.165) is 12.8 Å². The monoisotopic (exact) mass is 378 g/mol. The van der Waals surface area contributed by atoms with Crippen molar-refractivity contribution in [3.05, 3.63) is 59.9 Å². The van der Waals surface area contributed by atoms with Crippen LogP contribution in [0, 0.1) is 5.82 Å². The zero-order chi connectivity index (χ0) is 17.9.